The Morgan fingerprint density at radius 3 is 2.68 bits per heavy atom. The standard InChI is InChI=1S/C14H29N3O2/c1-5-7-15-14(3,13(18)19)6-8-17-10-9-16(4)12(2)11-17/h12,15H,5-11H2,1-4H3,(H,18,19). The maximum Gasteiger partial charge on any atom is 0.323 e. The lowest BCUT2D eigenvalue weighted by atomic mass is 9.97. The number of aliphatic carboxylic acids is 1. The third kappa shape index (κ3) is 4.75. The summed E-state index contributed by atoms with van der Waals surface area (Å²) in [7, 11) is 2.15. The summed E-state index contributed by atoms with van der Waals surface area (Å²) < 4.78 is 0. The van der Waals surface area contributed by atoms with Crippen molar-refractivity contribution >= 4 is 5.97 Å². The molecule has 2 unspecified atom stereocenters. The van der Waals surface area contributed by atoms with Crippen molar-refractivity contribution in [2.24, 2.45) is 0 Å². The SMILES string of the molecule is CCCNC(C)(CCN1CCN(C)C(C)C1)C(=O)O. The van der Waals surface area contributed by atoms with Gasteiger partial charge in [0.15, 0.2) is 0 Å². The molecule has 1 heterocycles. The molecular weight excluding hydrogens is 242 g/mol. The summed E-state index contributed by atoms with van der Waals surface area (Å²) in [5.41, 5.74) is -0.803. The van der Waals surface area contributed by atoms with Gasteiger partial charge in [-0.25, -0.2) is 0 Å². The smallest absolute Gasteiger partial charge is 0.323 e. The van der Waals surface area contributed by atoms with E-state index in [2.05, 4.69) is 36.0 Å². The zero-order valence-corrected chi connectivity index (χ0v) is 12.8. The number of carboxylic acid groups (broad SMARTS) is 1. The van der Waals surface area contributed by atoms with Gasteiger partial charge in [-0.3, -0.25) is 4.79 Å². The van der Waals surface area contributed by atoms with E-state index in [1.165, 1.54) is 0 Å². The van der Waals surface area contributed by atoms with Gasteiger partial charge >= 0.3 is 5.97 Å². The van der Waals surface area contributed by atoms with Crippen LogP contribution in [0.2, 0.25) is 0 Å². The molecule has 1 rings (SSSR count). The highest BCUT2D eigenvalue weighted by molar-refractivity contribution is 5.78. The first-order valence-electron chi connectivity index (χ1n) is 7.30. The summed E-state index contributed by atoms with van der Waals surface area (Å²) in [5.74, 6) is -0.747. The predicted octanol–water partition coefficient (Wildman–Crippen LogP) is 0.855. The summed E-state index contributed by atoms with van der Waals surface area (Å²) in [6, 6.07) is 0.549. The van der Waals surface area contributed by atoms with Gasteiger partial charge in [-0.2, -0.15) is 0 Å². The highest BCUT2D eigenvalue weighted by Gasteiger charge is 2.33. The maximum atomic E-state index is 11.4. The van der Waals surface area contributed by atoms with E-state index in [9.17, 15) is 9.90 Å². The Morgan fingerprint density at radius 2 is 2.16 bits per heavy atom. The second kappa shape index (κ2) is 7.22. The topological polar surface area (TPSA) is 55.8 Å². The lowest BCUT2D eigenvalue weighted by Gasteiger charge is -2.39. The minimum Gasteiger partial charge on any atom is -0.480 e. The fourth-order valence-corrected chi connectivity index (χ4v) is 2.38. The van der Waals surface area contributed by atoms with E-state index in [1.807, 2.05) is 0 Å². The monoisotopic (exact) mass is 271 g/mol. The van der Waals surface area contributed by atoms with Gasteiger partial charge in [0, 0.05) is 32.2 Å². The number of hydrogen-bond donors (Lipinski definition) is 2. The summed E-state index contributed by atoms with van der Waals surface area (Å²) in [4.78, 5) is 16.2. The van der Waals surface area contributed by atoms with Crippen molar-refractivity contribution in [2.75, 3.05) is 39.8 Å². The molecule has 1 saturated heterocycles. The number of nitrogens with zero attached hydrogens (tertiary/aromatic N) is 2. The summed E-state index contributed by atoms with van der Waals surface area (Å²) in [6.07, 6.45) is 1.60. The molecule has 0 aromatic heterocycles. The first-order chi connectivity index (χ1) is 8.89. The lowest BCUT2D eigenvalue weighted by Crippen LogP contribution is -2.54. The molecule has 0 aromatic carbocycles. The van der Waals surface area contributed by atoms with E-state index < -0.39 is 11.5 Å². The molecule has 5 nitrogen and oxygen atoms in total. The first-order valence-corrected chi connectivity index (χ1v) is 7.30. The van der Waals surface area contributed by atoms with Crippen molar-refractivity contribution in [1.82, 2.24) is 15.1 Å². The molecule has 5 heteroatoms. The van der Waals surface area contributed by atoms with Gasteiger partial charge in [0.2, 0.25) is 0 Å². The quantitative estimate of drug-likeness (QED) is 0.719. The second-order valence-electron chi connectivity index (χ2n) is 5.94. The van der Waals surface area contributed by atoms with E-state index in [1.54, 1.807) is 6.92 Å². The Labute approximate surface area is 117 Å². The Hall–Kier alpha value is -0.650. The third-order valence-corrected chi connectivity index (χ3v) is 4.21. The van der Waals surface area contributed by atoms with Crippen molar-refractivity contribution < 1.29 is 9.90 Å². The molecule has 0 radical (unpaired) electrons. The molecule has 0 aliphatic carbocycles. The minimum absolute atomic E-state index is 0.549. The van der Waals surface area contributed by atoms with Crippen LogP contribution in [0.25, 0.3) is 0 Å². The normalized spacial score (nSPS) is 25.2. The molecule has 2 atom stereocenters. The van der Waals surface area contributed by atoms with Gasteiger partial charge in [0.05, 0.1) is 0 Å². The fourth-order valence-electron chi connectivity index (χ4n) is 2.38. The molecule has 0 amide bonds. The molecule has 0 bridgehead atoms. The molecule has 2 N–H and O–H groups in total. The number of carbonyl (C=O) groups is 1. The van der Waals surface area contributed by atoms with Crippen molar-refractivity contribution in [3.63, 3.8) is 0 Å². The predicted molar refractivity (Wildman–Crippen MR) is 77.5 cm³/mol. The molecule has 0 aromatic rings. The van der Waals surface area contributed by atoms with E-state index in [0.29, 0.717) is 12.5 Å². The van der Waals surface area contributed by atoms with E-state index >= 15 is 0 Å². The van der Waals surface area contributed by atoms with Gasteiger partial charge in [-0.1, -0.05) is 6.92 Å². The Balaban J connectivity index is 2.46. The fraction of sp³-hybridized carbons (Fsp3) is 0.929. The average molecular weight is 271 g/mol. The Bertz CT molecular complexity index is 298. The Morgan fingerprint density at radius 1 is 1.47 bits per heavy atom. The highest BCUT2D eigenvalue weighted by atomic mass is 16.4. The highest BCUT2D eigenvalue weighted by Crippen LogP contribution is 2.14. The molecule has 1 aliphatic heterocycles. The second-order valence-corrected chi connectivity index (χ2v) is 5.94. The van der Waals surface area contributed by atoms with E-state index in [4.69, 9.17) is 0 Å². The summed E-state index contributed by atoms with van der Waals surface area (Å²) >= 11 is 0. The van der Waals surface area contributed by atoms with Crippen LogP contribution in [0.5, 0.6) is 0 Å². The van der Waals surface area contributed by atoms with Crippen LogP contribution in [-0.2, 0) is 4.79 Å². The van der Waals surface area contributed by atoms with Crippen LogP contribution < -0.4 is 5.32 Å². The van der Waals surface area contributed by atoms with Crippen LogP contribution in [0.4, 0.5) is 0 Å². The molecule has 1 aliphatic rings. The van der Waals surface area contributed by atoms with Gasteiger partial charge in [0.1, 0.15) is 5.54 Å². The van der Waals surface area contributed by atoms with Crippen LogP contribution in [0.1, 0.15) is 33.6 Å². The van der Waals surface area contributed by atoms with Gasteiger partial charge < -0.3 is 20.2 Å². The number of carboxylic acids is 1. The zero-order valence-electron chi connectivity index (χ0n) is 12.8. The Kier molecular flexibility index (Phi) is 6.23. The van der Waals surface area contributed by atoms with E-state index in [-0.39, 0.29) is 0 Å². The van der Waals surface area contributed by atoms with Crippen molar-refractivity contribution in [2.45, 2.75) is 45.2 Å². The van der Waals surface area contributed by atoms with Crippen molar-refractivity contribution in [3.05, 3.63) is 0 Å². The minimum atomic E-state index is -0.803. The van der Waals surface area contributed by atoms with Crippen LogP contribution >= 0.6 is 0 Å². The number of hydrogen-bond acceptors (Lipinski definition) is 4. The third-order valence-electron chi connectivity index (χ3n) is 4.21. The molecular formula is C14H29N3O2. The summed E-state index contributed by atoms with van der Waals surface area (Å²) in [5, 5.41) is 12.6. The van der Waals surface area contributed by atoms with Crippen LogP contribution in [-0.4, -0.2) is 72.2 Å². The largest absolute Gasteiger partial charge is 0.480 e. The summed E-state index contributed by atoms with van der Waals surface area (Å²) in [6.45, 7) is 10.8. The number of likely N-dealkylation sites (N-methyl/N-ethyl adjacent to an activating group) is 1. The number of nitrogens with one attached hydrogen (secondary N) is 1. The van der Waals surface area contributed by atoms with Gasteiger partial charge in [-0.05, 0) is 40.3 Å². The molecule has 0 saturated carbocycles. The zero-order chi connectivity index (χ0) is 14.5. The van der Waals surface area contributed by atoms with Gasteiger partial charge in [-0.15, -0.1) is 0 Å². The molecule has 112 valence electrons. The average Bonchev–Trinajstić information content (AvgIpc) is 2.37. The van der Waals surface area contributed by atoms with Crippen LogP contribution in [0.15, 0.2) is 0 Å². The van der Waals surface area contributed by atoms with Crippen molar-refractivity contribution in [3.8, 4) is 0 Å². The van der Waals surface area contributed by atoms with Gasteiger partial charge in [0.25, 0.3) is 0 Å². The molecule has 19 heavy (non-hydrogen) atoms. The first kappa shape index (κ1) is 16.4. The number of rotatable bonds is 7. The lowest BCUT2D eigenvalue weighted by molar-refractivity contribution is -0.144. The van der Waals surface area contributed by atoms with Crippen LogP contribution in [0, 0.1) is 0 Å². The maximum absolute atomic E-state index is 11.4. The van der Waals surface area contributed by atoms with Crippen molar-refractivity contribution in [1.29, 1.82) is 0 Å². The number of piperazine rings is 1. The molecule has 1 fully saturated rings. The molecule has 0 spiro atoms. The van der Waals surface area contributed by atoms with Crippen LogP contribution in [0.3, 0.4) is 0 Å². The van der Waals surface area contributed by atoms with E-state index in [0.717, 1.165) is 39.1 Å².